The zero-order valence-corrected chi connectivity index (χ0v) is 29.8. The van der Waals surface area contributed by atoms with Gasteiger partial charge < -0.3 is 13.7 Å². The minimum atomic E-state index is 0.846. The number of fused-ring (bicyclic) bond motifs is 7. The van der Waals surface area contributed by atoms with Crippen LogP contribution in [-0.4, -0.2) is 0 Å². The third kappa shape index (κ3) is 5.20. The first-order valence-corrected chi connectivity index (χ1v) is 18.7. The maximum Gasteiger partial charge on any atom is 0.159 e. The Morgan fingerprint density at radius 2 is 0.873 bits per heavy atom. The van der Waals surface area contributed by atoms with E-state index in [9.17, 15) is 0 Å². The molecule has 0 aliphatic heterocycles. The Morgan fingerprint density at radius 3 is 1.69 bits per heavy atom. The van der Waals surface area contributed by atoms with Crippen molar-refractivity contribution in [2.24, 2.45) is 0 Å². The van der Waals surface area contributed by atoms with Crippen LogP contribution in [0.2, 0.25) is 0 Å². The minimum absolute atomic E-state index is 0.846. The smallest absolute Gasteiger partial charge is 0.159 e. The molecular weight excluding hydrogens is 671 g/mol. The van der Waals surface area contributed by atoms with Crippen LogP contribution in [0.15, 0.2) is 209 Å². The van der Waals surface area contributed by atoms with Gasteiger partial charge in [0.1, 0.15) is 16.7 Å². The second kappa shape index (κ2) is 12.6. The van der Waals surface area contributed by atoms with Crippen molar-refractivity contribution in [1.82, 2.24) is 0 Å². The van der Waals surface area contributed by atoms with Gasteiger partial charge in [-0.3, -0.25) is 0 Å². The highest BCUT2D eigenvalue weighted by Gasteiger charge is 2.21. The molecule has 0 unspecified atom stereocenters. The van der Waals surface area contributed by atoms with Gasteiger partial charge in [-0.1, -0.05) is 152 Å². The molecule has 0 radical (unpaired) electrons. The molecule has 0 N–H and O–H groups in total. The highest BCUT2D eigenvalue weighted by atomic mass is 16.3. The summed E-state index contributed by atoms with van der Waals surface area (Å²) in [4.78, 5) is 2.31. The van der Waals surface area contributed by atoms with Crippen molar-refractivity contribution >= 4 is 71.7 Å². The predicted octanol–water partition coefficient (Wildman–Crippen LogP) is 15.1. The Hall–Kier alpha value is -7.36. The molecular formula is C52H33NO2. The van der Waals surface area contributed by atoms with Crippen molar-refractivity contribution in [3.05, 3.63) is 200 Å². The fourth-order valence-electron chi connectivity index (χ4n) is 8.23. The molecule has 0 spiro atoms. The summed E-state index contributed by atoms with van der Waals surface area (Å²) in [5.41, 5.74) is 13.4. The predicted molar refractivity (Wildman–Crippen MR) is 229 cm³/mol. The van der Waals surface area contributed by atoms with Crippen LogP contribution in [0.25, 0.3) is 88.0 Å². The molecule has 0 aliphatic carbocycles. The first kappa shape index (κ1) is 31.2. The van der Waals surface area contributed by atoms with E-state index in [-0.39, 0.29) is 0 Å². The molecule has 3 nitrogen and oxygen atoms in total. The Balaban J connectivity index is 1.06. The number of furan rings is 2. The van der Waals surface area contributed by atoms with Gasteiger partial charge in [-0.15, -0.1) is 0 Å². The first-order valence-electron chi connectivity index (χ1n) is 18.7. The number of nitrogens with zero attached hydrogens (tertiary/aromatic N) is 1. The molecule has 55 heavy (non-hydrogen) atoms. The van der Waals surface area contributed by atoms with Crippen LogP contribution in [0.5, 0.6) is 0 Å². The van der Waals surface area contributed by atoms with E-state index in [2.05, 4.69) is 187 Å². The van der Waals surface area contributed by atoms with Crippen LogP contribution in [0.4, 0.5) is 17.1 Å². The van der Waals surface area contributed by atoms with Gasteiger partial charge in [-0.05, 0) is 87.1 Å². The standard InChI is InChI=1S/C52H33NO2/c1-2-11-36(12-3-1)43-18-9-19-46-47-20-10-21-48(52(47)55-51(43)46)53(40-30-25-37(26-31-40)42-17-8-14-35-13-4-5-15-41(35)42)39-28-23-34(24-29-39)38-27-32-45-44-16-6-7-22-49(44)54-50(45)33-38/h1-33H. The Morgan fingerprint density at radius 1 is 0.309 bits per heavy atom. The SMILES string of the molecule is c1ccc(-c2cccc3c2oc2c(N(c4ccc(-c5ccc6c(c5)oc5ccccc56)cc4)c4ccc(-c5cccc6ccccc56)cc4)cccc23)cc1. The van der Waals surface area contributed by atoms with E-state index in [1.807, 2.05) is 18.2 Å². The number of anilines is 3. The van der Waals surface area contributed by atoms with E-state index in [0.29, 0.717) is 0 Å². The molecule has 0 atom stereocenters. The molecule has 0 amide bonds. The summed E-state index contributed by atoms with van der Waals surface area (Å²) < 4.78 is 13.2. The first-order chi connectivity index (χ1) is 27.3. The Labute approximate surface area is 317 Å². The molecule has 0 bridgehead atoms. The highest BCUT2D eigenvalue weighted by Crippen LogP contribution is 2.45. The minimum Gasteiger partial charge on any atom is -0.456 e. The van der Waals surface area contributed by atoms with Crippen molar-refractivity contribution in [2.75, 3.05) is 4.90 Å². The molecule has 11 rings (SSSR count). The largest absolute Gasteiger partial charge is 0.456 e. The number of hydrogen-bond acceptors (Lipinski definition) is 3. The van der Waals surface area contributed by atoms with E-state index < -0.39 is 0 Å². The average Bonchev–Trinajstić information content (AvgIpc) is 3.83. The summed E-state index contributed by atoms with van der Waals surface area (Å²) in [5, 5.41) is 6.92. The number of hydrogen-bond donors (Lipinski definition) is 0. The lowest BCUT2D eigenvalue weighted by molar-refractivity contribution is 0.669. The fourth-order valence-corrected chi connectivity index (χ4v) is 8.23. The second-order valence-corrected chi connectivity index (χ2v) is 14.1. The molecule has 258 valence electrons. The Bertz CT molecular complexity index is 3180. The second-order valence-electron chi connectivity index (χ2n) is 14.1. The van der Waals surface area contributed by atoms with Crippen LogP contribution in [0.3, 0.4) is 0 Å². The molecule has 9 aromatic carbocycles. The fraction of sp³-hybridized carbons (Fsp3) is 0. The van der Waals surface area contributed by atoms with Gasteiger partial charge in [0.15, 0.2) is 5.58 Å². The molecule has 0 saturated heterocycles. The van der Waals surface area contributed by atoms with Crippen LogP contribution >= 0.6 is 0 Å². The zero-order chi connectivity index (χ0) is 36.3. The third-order valence-electron chi connectivity index (χ3n) is 10.9. The molecule has 0 fully saturated rings. The van der Waals surface area contributed by atoms with Crippen LogP contribution < -0.4 is 4.90 Å². The summed E-state index contributed by atoms with van der Waals surface area (Å²) >= 11 is 0. The van der Waals surface area contributed by atoms with Crippen molar-refractivity contribution < 1.29 is 8.83 Å². The van der Waals surface area contributed by atoms with E-state index >= 15 is 0 Å². The lowest BCUT2D eigenvalue weighted by Gasteiger charge is -2.26. The van der Waals surface area contributed by atoms with Crippen LogP contribution in [0.1, 0.15) is 0 Å². The molecule has 0 aliphatic rings. The summed E-state index contributed by atoms with van der Waals surface area (Å²) in [6, 6.07) is 70.9. The summed E-state index contributed by atoms with van der Waals surface area (Å²) in [6.45, 7) is 0. The van der Waals surface area contributed by atoms with Crippen LogP contribution in [0, 0.1) is 0 Å². The summed E-state index contributed by atoms with van der Waals surface area (Å²) in [6.07, 6.45) is 0. The molecule has 0 saturated carbocycles. The quantitative estimate of drug-likeness (QED) is 0.173. The third-order valence-corrected chi connectivity index (χ3v) is 10.9. The van der Waals surface area contributed by atoms with Gasteiger partial charge in [-0.25, -0.2) is 0 Å². The zero-order valence-electron chi connectivity index (χ0n) is 29.8. The maximum atomic E-state index is 6.94. The van der Waals surface area contributed by atoms with E-state index in [1.165, 1.54) is 21.9 Å². The van der Waals surface area contributed by atoms with Gasteiger partial charge in [0.25, 0.3) is 0 Å². The van der Waals surface area contributed by atoms with Crippen LogP contribution in [-0.2, 0) is 0 Å². The van der Waals surface area contributed by atoms with Crippen molar-refractivity contribution in [3.8, 4) is 33.4 Å². The number of rotatable bonds is 6. The Kier molecular flexibility index (Phi) is 7.17. The van der Waals surface area contributed by atoms with Gasteiger partial charge in [0.2, 0.25) is 0 Å². The van der Waals surface area contributed by atoms with Crippen molar-refractivity contribution in [3.63, 3.8) is 0 Å². The van der Waals surface area contributed by atoms with E-state index in [0.717, 1.165) is 83.2 Å². The molecule has 11 aromatic rings. The molecule has 3 heteroatoms. The lowest BCUT2D eigenvalue weighted by Crippen LogP contribution is -2.10. The number of benzene rings is 9. The number of para-hydroxylation sites is 3. The normalized spacial score (nSPS) is 11.6. The van der Waals surface area contributed by atoms with E-state index in [4.69, 9.17) is 8.83 Å². The molecule has 2 heterocycles. The highest BCUT2D eigenvalue weighted by molar-refractivity contribution is 6.13. The van der Waals surface area contributed by atoms with Crippen molar-refractivity contribution in [2.45, 2.75) is 0 Å². The monoisotopic (exact) mass is 703 g/mol. The maximum absolute atomic E-state index is 6.94. The van der Waals surface area contributed by atoms with Crippen molar-refractivity contribution in [1.29, 1.82) is 0 Å². The van der Waals surface area contributed by atoms with E-state index in [1.54, 1.807) is 0 Å². The topological polar surface area (TPSA) is 29.5 Å². The molecule has 2 aromatic heterocycles. The summed E-state index contributed by atoms with van der Waals surface area (Å²) in [5.74, 6) is 0. The lowest BCUT2D eigenvalue weighted by atomic mass is 9.98. The summed E-state index contributed by atoms with van der Waals surface area (Å²) in [7, 11) is 0. The van der Waals surface area contributed by atoms with Gasteiger partial charge in [-0.2, -0.15) is 0 Å². The average molecular weight is 704 g/mol. The van der Waals surface area contributed by atoms with Gasteiger partial charge >= 0.3 is 0 Å². The van der Waals surface area contributed by atoms with Gasteiger partial charge in [0, 0.05) is 38.5 Å². The van der Waals surface area contributed by atoms with Gasteiger partial charge in [0.05, 0.1) is 5.69 Å².